The first-order valence-electron chi connectivity index (χ1n) is 6.48. The van der Waals surface area contributed by atoms with Crippen LogP contribution < -0.4 is 4.74 Å². The molecule has 0 saturated heterocycles. The van der Waals surface area contributed by atoms with Crippen molar-refractivity contribution in [3.8, 4) is 5.75 Å². The number of para-hydroxylation sites is 1. The van der Waals surface area contributed by atoms with Crippen molar-refractivity contribution in [2.24, 2.45) is 0 Å². The first-order chi connectivity index (χ1) is 9.51. The van der Waals surface area contributed by atoms with Crippen molar-refractivity contribution in [1.82, 2.24) is 0 Å². The molecule has 0 atom stereocenters. The molecular weight excluding hydrogens is 272 g/mol. The van der Waals surface area contributed by atoms with Crippen LogP contribution in [0.3, 0.4) is 0 Å². The van der Waals surface area contributed by atoms with Crippen LogP contribution in [0.4, 0.5) is 0 Å². The number of carbonyl (C=O) groups is 1. The molecule has 0 bridgehead atoms. The van der Waals surface area contributed by atoms with E-state index in [9.17, 15) is 4.79 Å². The van der Waals surface area contributed by atoms with E-state index in [1.54, 1.807) is 6.07 Å². The second kappa shape index (κ2) is 6.10. The molecule has 0 radical (unpaired) electrons. The van der Waals surface area contributed by atoms with Crippen LogP contribution in [-0.2, 0) is 10.2 Å². The molecule has 0 amide bonds. The lowest BCUT2D eigenvalue weighted by molar-refractivity contribution is -0.125. The Morgan fingerprint density at radius 1 is 1.05 bits per heavy atom. The van der Waals surface area contributed by atoms with Crippen molar-refractivity contribution in [3.05, 3.63) is 65.2 Å². The van der Waals surface area contributed by atoms with E-state index in [0.717, 1.165) is 5.56 Å². The summed E-state index contributed by atoms with van der Waals surface area (Å²) in [5, 5.41) is 0.602. The molecule has 2 nitrogen and oxygen atoms in total. The standard InChI is InChI=1S/C17H17ClO2/c1-17(2,14-10-6-7-11-15(14)18)16(19)12-20-13-8-4-3-5-9-13/h3-11H,12H2,1-2H3. The maximum atomic E-state index is 12.4. The van der Waals surface area contributed by atoms with Gasteiger partial charge in [-0.3, -0.25) is 4.79 Å². The van der Waals surface area contributed by atoms with Gasteiger partial charge in [0.25, 0.3) is 0 Å². The van der Waals surface area contributed by atoms with Crippen molar-refractivity contribution >= 4 is 17.4 Å². The summed E-state index contributed by atoms with van der Waals surface area (Å²) in [6.07, 6.45) is 0. The Morgan fingerprint density at radius 3 is 2.30 bits per heavy atom. The molecule has 2 rings (SSSR count). The molecule has 0 fully saturated rings. The van der Waals surface area contributed by atoms with Gasteiger partial charge in [-0.15, -0.1) is 0 Å². The van der Waals surface area contributed by atoms with E-state index in [-0.39, 0.29) is 12.4 Å². The van der Waals surface area contributed by atoms with Crippen LogP contribution in [0.1, 0.15) is 19.4 Å². The van der Waals surface area contributed by atoms with Gasteiger partial charge in [-0.1, -0.05) is 48.0 Å². The topological polar surface area (TPSA) is 26.3 Å². The van der Waals surface area contributed by atoms with E-state index in [1.807, 2.05) is 62.4 Å². The van der Waals surface area contributed by atoms with Crippen LogP contribution >= 0.6 is 11.6 Å². The number of halogens is 1. The Morgan fingerprint density at radius 2 is 1.65 bits per heavy atom. The highest BCUT2D eigenvalue weighted by molar-refractivity contribution is 6.31. The molecule has 0 heterocycles. The second-order valence-corrected chi connectivity index (χ2v) is 5.54. The summed E-state index contributed by atoms with van der Waals surface area (Å²) >= 11 is 6.18. The second-order valence-electron chi connectivity index (χ2n) is 5.13. The zero-order valence-corrected chi connectivity index (χ0v) is 12.4. The monoisotopic (exact) mass is 288 g/mol. The van der Waals surface area contributed by atoms with E-state index in [1.165, 1.54) is 0 Å². The van der Waals surface area contributed by atoms with E-state index in [4.69, 9.17) is 16.3 Å². The van der Waals surface area contributed by atoms with Gasteiger partial charge in [-0.25, -0.2) is 0 Å². The third-order valence-corrected chi connectivity index (χ3v) is 3.69. The Hall–Kier alpha value is -1.80. The van der Waals surface area contributed by atoms with E-state index in [0.29, 0.717) is 10.8 Å². The fourth-order valence-corrected chi connectivity index (χ4v) is 2.34. The lowest BCUT2D eigenvalue weighted by Gasteiger charge is -2.24. The number of hydrogen-bond acceptors (Lipinski definition) is 2. The minimum atomic E-state index is -0.673. The van der Waals surface area contributed by atoms with Crippen LogP contribution in [0, 0.1) is 0 Å². The minimum Gasteiger partial charge on any atom is -0.486 e. The van der Waals surface area contributed by atoms with Gasteiger partial charge >= 0.3 is 0 Å². The molecule has 0 spiro atoms. The molecule has 0 aliphatic carbocycles. The smallest absolute Gasteiger partial charge is 0.180 e. The maximum Gasteiger partial charge on any atom is 0.180 e. The predicted molar refractivity (Wildman–Crippen MR) is 81.4 cm³/mol. The van der Waals surface area contributed by atoms with Gasteiger partial charge in [-0.2, -0.15) is 0 Å². The summed E-state index contributed by atoms with van der Waals surface area (Å²) in [6, 6.07) is 16.7. The molecule has 0 unspecified atom stereocenters. The number of carbonyl (C=O) groups excluding carboxylic acids is 1. The van der Waals surface area contributed by atoms with E-state index < -0.39 is 5.41 Å². The van der Waals surface area contributed by atoms with Crippen LogP contribution in [0.2, 0.25) is 5.02 Å². The fourth-order valence-electron chi connectivity index (χ4n) is 1.96. The molecule has 2 aromatic rings. The largest absolute Gasteiger partial charge is 0.486 e. The Balaban J connectivity index is 2.10. The lowest BCUT2D eigenvalue weighted by Crippen LogP contribution is -2.33. The first-order valence-corrected chi connectivity index (χ1v) is 6.86. The number of ether oxygens (including phenoxy) is 1. The number of benzene rings is 2. The summed E-state index contributed by atoms with van der Waals surface area (Å²) in [4.78, 5) is 12.4. The van der Waals surface area contributed by atoms with Crippen molar-refractivity contribution in [3.63, 3.8) is 0 Å². The summed E-state index contributed by atoms with van der Waals surface area (Å²) in [5.41, 5.74) is 0.149. The Kier molecular flexibility index (Phi) is 4.46. The fraction of sp³-hybridized carbons (Fsp3) is 0.235. The van der Waals surface area contributed by atoms with Gasteiger partial charge in [0.15, 0.2) is 5.78 Å². The van der Waals surface area contributed by atoms with Crippen molar-refractivity contribution in [1.29, 1.82) is 0 Å². The molecular formula is C17H17ClO2. The maximum absolute atomic E-state index is 12.4. The normalized spacial score (nSPS) is 11.2. The zero-order chi connectivity index (χ0) is 14.6. The highest BCUT2D eigenvalue weighted by Crippen LogP contribution is 2.30. The average Bonchev–Trinajstić information content (AvgIpc) is 2.46. The summed E-state index contributed by atoms with van der Waals surface area (Å²) in [6.45, 7) is 3.76. The Bertz CT molecular complexity index is 591. The number of Topliss-reactive ketones (excluding diaryl/α,β-unsaturated/α-hetero) is 1. The van der Waals surface area contributed by atoms with Crippen molar-refractivity contribution in [2.75, 3.05) is 6.61 Å². The van der Waals surface area contributed by atoms with Gasteiger partial charge in [0.2, 0.25) is 0 Å². The van der Waals surface area contributed by atoms with E-state index in [2.05, 4.69) is 0 Å². The van der Waals surface area contributed by atoms with Crippen molar-refractivity contribution in [2.45, 2.75) is 19.3 Å². The van der Waals surface area contributed by atoms with Crippen LogP contribution in [0.15, 0.2) is 54.6 Å². The third-order valence-electron chi connectivity index (χ3n) is 3.36. The van der Waals surface area contributed by atoms with Crippen LogP contribution in [0.5, 0.6) is 5.75 Å². The van der Waals surface area contributed by atoms with Crippen molar-refractivity contribution < 1.29 is 9.53 Å². The summed E-state index contributed by atoms with van der Waals surface area (Å²) in [7, 11) is 0. The lowest BCUT2D eigenvalue weighted by atomic mass is 9.81. The van der Waals surface area contributed by atoms with Crippen LogP contribution in [0.25, 0.3) is 0 Å². The molecule has 3 heteroatoms. The van der Waals surface area contributed by atoms with E-state index >= 15 is 0 Å². The van der Waals surface area contributed by atoms with Gasteiger partial charge in [0, 0.05) is 5.02 Å². The predicted octanol–water partition coefficient (Wildman–Crippen LogP) is 4.27. The van der Waals surface area contributed by atoms with Gasteiger partial charge in [-0.05, 0) is 37.6 Å². The van der Waals surface area contributed by atoms with Gasteiger partial charge in [0.1, 0.15) is 12.4 Å². The molecule has 20 heavy (non-hydrogen) atoms. The number of hydrogen-bond donors (Lipinski definition) is 0. The highest BCUT2D eigenvalue weighted by Gasteiger charge is 2.31. The summed E-state index contributed by atoms with van der Waals surface area (Å²) < 4.78 is 5.52. The molecule has 0 aliphatic rings. The molecule has 0 saturated carbocycles. The minimum absolute atomic E-state index is 0.00514. The first kappa shape index (κ1) is 14.6. The number of ketones is 1. The molecule has 0 N–H and O–H groups in total. The van der Waals surface area contributed by atoms with Gasteiger partial charge in [0.05, 0.1) is 5.41 Å². The molecule has 0 aromatic heterocycles. The third kappa shape index (κ3) is 3.20. The number of rotatable bonds is 5. The Labute approximate surface area is 124 Å². The molecule has 0 aliphatic heterocycles. The van der Waals surface area contributed by atoms with Gasteiger partial charge < -0.3 is 4.74 Å². The summed E-state index contributed by atoms with van der Waals surface area (Å²) in [5.74, 6) is 0.685. The zero-order valence-electron chi connectivity index (χ0n) is 11.6. The SMILES string of the molecule is CC(C)(C(=O)COc1ccccc1)c1ccccc1Cl. The highest BCUT2D eigenvalue weighted by atomic mass is 35.5. The quantitative estimate of drug-likeness (QED) is 0.821. The molecule has 104 valence electrons. The average molecular weight is 289 g/mol. The van der Waals surface area contributed by atoms with Crippen LogP contribution in [-0.4, -0.2) is 12.4 Å². The molecule has 2 aromatic carbocycles.